The van der Waals surface area contributed by atoms with Crippen LogP contribution in [0.3, 0.4) is 0 Å². The number of para-hydroxylation sites is 1. The van der Waals surface area contributed by atoms with Crippen molar-refractivity contribution in [2.24, 2.45) is 0 Å². The van der Waals surface area contributed by atoms with Gasteiger partial charge in [-0.25, -0.2) is 4.98 Å². The van der Waals surface area contributed by atoms with E-state index in [0.29, 0.717) is 23.3 Å². The van der Waals surface area contributed by atoms with Crippen LogP contribution in [-0.4, -0.2) is 20.0 Å². The van der Waals surface area contributed by atoms with Crippen molar-refractivity contribution in [3.05, 3.63) is 72.4 Å². The molecule has 5 nitrogen and oxygen atoms in total. The summed E-state index contributed by atoms with van der Waals surface area (Å²) in [5.74, 6) is 0.887. The summed E-state index contributed by atoms with van der Waals surface area (Å²) >= 11 is 0. The molecule has 4 aromatic rings. The normalized spacial score (nSPS) is 11.7. The van der Waals surface area contributed by atoms with Gasteiger partial charge in [-0.2, -0.15) is 8.42 Å². The lowest BCUT2D eigenvalue weighted by Gasteiger charge is -2.14. The largest absolute Gasteiger partial charge is 0.493 e. The van der Waals surface area contributed by atoms with Crippen LogP contribution in [0.15, 0.2) is 71.6 Å². The predicted octanol–water partition coefficient (Wildman–Crippen LogP) is 6.03. The van der Waals surface area contributed by atoms with Crippen LogP contribution in [0, 0.1) is 6.92 Å². The summed E-state index contributed by atoms with van der Waals surface area (Å²) in [6.07, 6.45) is 3.17. The van der Waals surface area contributed by atoms with Gasteiger partial charge in [-0.15, -0.1) is 0 Å². The minimum atomic E-state index is -4.09. The Balaban J connectivity index is 1.72. The number of benzene rings is 3. The van der Waals surface area contributed by atoms with Gasteiger partial charge in [0.05, 0.1) is 6.61 Å². The van der Waals surface area contributed by atoms with E-state index < -0.39 is 10.1 Å². The monoisotopic (exact) mass is 435 g/mol. The van der Waals surface area contributed by atoms with Crippen LogP contribution in [0.25, 0.3) is 21.7 Å². The molecule has 0 unspecified atom stereocenters. The van der Waals surface area contributed by atoms with E-state index >= 15 is 0 Å². The molecular formula is C25H25NO4S. The highest BCUT2D eigenvalue weighted by molar-refractivity contribution is 7.87. The third kappa shape index (κ3) is 4.49. The molecular weight excluding hydrogens is 410 g/mol. The molecule has 0 amide bonds. The molecule has 1 aromatic heterocycles. The summed E-state index contributed by atoms with van der Waals surface area (Å²) in [4.78, 5) is 4.57. The number of fused-ring (bicyclic) bond motifs is 2. The first-order chi connectivity index (χ1) is 15.0. The zero-order valence-corrected chi connectivity index (χ0v) is 18.5. The van der Waals surface area contributed by atoms with E-state index in [0.717, 1.165) is 35.7 Å². The number of ether oxygens (including phenoxy) is 1. The molecule has 0 fully saturated rings. The Morgan fingerprint density at radius 2 is 1.65 bits per heavy atom. The van der Waals surface area contributed by atoms with E-state index in [1.807, 2.05) is 43.3 Å². The van der Waals surface area contributed by atoms with Crippen molar-refractivity contribution in [1.29, 1.82) is 0 Å². The molecule has 0 bridgehead atoms. The summed E-state index contributed by atoms with van der Waals surface area (Å²) in [7, 11) is -4.09. The molecule has 0 radical (unpaired) electrons. The topological polar surface area (TPSA) is 65.5 Å². The van der Waals surface area contributed by atoms with Crippen LogP contribution in [0.5, 0.6) is 11.5 Å². The van der Waals surface area contributed by atoms with E-state index in [1.54, 1.807) is 30.3 Å². The van der Waals surface area contributed by atoms with Crippen molar-refractivity contribution in [3.63, 3.8) is 0 Å². The van der Waals surface area contributed by atoms with Crippen LogP contribution in [0.1, 0.15) is 31.9 Å². The van der Waals surface area contributed by atoms with E-state index in [-0.39, 0.29) is 10.6 Å². The summed E-state index contributed by atoms with van der Waals surface area (Å²) in [5, 5.41) is 2.13. The second-order valence-corrected chi connectivity index (χ2v) is 9.00. The average Bonchev–Trinajstić information content (AvgIpc) is 2.77. The van der Waals surface area contributed by atoms with Gasteiger partial charge >= 0.3 is 10.1 Å². The molecule has 4 rings (SSSR count). The maximum Gasteiger partial charge on any atom is 0.339 e. The highest BCUT2D eigenvalue weighted by Gasteiger charge is 2.22. The van der Waals surface area contributed by atoms with Gasteiger partial charge in [-0.05, 0) is 37.6 Å². The zero-order valence-electron chi connectivity index (χ0n) is 17.7. The number of rotatable bonds is 8. The van der Waals surface area contributed by atoms with Gasteiger partial charge in [-0.1, -0.05) is 62.2 Å². The van der Waals surface area contributed by atoms with Crippen molar-refractivity contribution < 1.29 is 17.3 Å². The van der Waals surface area contributed by atoms with Crippen molar-refractivity contribution in [2.45, 2.75) is 38.0 Å². The van der Waals surface area contributed by atoms with Gasteiger partial charge in [0, 0.05) is 21.9 Å². The van der Waals surface area contributed by atoms with E-state index in [2.05, 4.69) is 11.9 Å². The Hall–Kier alpha value is -3.12. The maximum absolute atomic E-state index is 13.3. The maximum atomic E-state index is 13.3. The van der Waals surface area contributed by atoms with Crippen molar-refractivity contribution in [1.82, 2.24) is 4.98 Å². The Bertz CT molecular complexity index is 1330. The highest BCUT2D eigenvalue weighted by Crippen LogP contribution is 2.34. The Labute approximate surface area is 182 Å². The number of unbranched alkanes of at least 4 members (excludes halogenated alkanes) is 2. The van der Waals surface area contributed by atoms with E-state index in [1.165, 1.54) is 0 Å². The minimum absolute atomic E-state index is 0.105. The molecule has 3 aromatic carbocycles. The van der Waals surface area contributed by atoms with Crippen LogP contribution < -0.4 is 8.92 Å². The van der Waals surface area contributed by atoms with Crippen molar-refractivity contribution in [3.8, 4) is 11.5 Å². The standard InChI is InChI=1S/C25H25NO4S/c1-3-4-7-17-29-22-15-16-24(21-11-6-5-10-20(21)22)31(27,28)30-23-12-8-9-19-14-13-18(2)26-25(19)23/h5-6,8-16H,3-4,7,17H2,1-2H3. The first kappa shape index (κ1) is 21.1. The quantitative estimate of drug-likeness (QED) is 0.250. The lowest BCUT2D eigenvalue weighted by Crippen LogP contribution is -2.11. The molecule has 31 heavy (non-hydrogen) atoms. The van der Waals surface area contributed by atoms with Crippen LogP contribution in [0.4, 0.5) is 0 Å². The number of hydrogen-bond donors (Lipinski definition) is 0. The molecule has 160 valence electrons. The van der Waals surface area contributed by atoms with Crippen LogP contribution in [0.2, 0.25) is 0 Å². The summed E-state index contributed by atoms with van der Waals surface area (Å²) < 4.78 is 38.0. The number of aromatic nitrogens is 1. The first-order valence-corrected chi connectivity index (χ1v) is 11.9. The molecule has 0 aliphatic heterocycles. The second kappa shape index (κ2) is 8.94. The van der Waals surface area contributed by atoms with Gasteiger partial charge < -0.3 is 8.92 Å². The van der Waals surface area contributed by atoms with Crippen LogP contribution in [-0.2, 0) is 10.1 Å². The molecule has 0 atom stereocenters. The Kier molecular flexibility index (Phi) is 6.09. The molecule has 1 heterocycles. The van der Waals surface area contributed by atoms with Gasteiger partial charge in [0.25, 0.3) is 0 Å². The Morgan fingerprint density at radius 1 is 0.839 bits per heavy atom. The van der Waals surface area contributed by atoms with Gasteiger partial charge in [0.2, 0.25) is 0 Å². The van der Waals surface area contributed by atoms with Gasteiger partial charge in [0.1, 0.15) is 16.2 Å². The van der Waals surface area contributed by atoms with E-state index in [9.17, 15) is 8.42 Å². The third-order valence-electron chi connectivity index (χ3n) is 5.14. The fraction of sp³-hybridized carbons (Fsp3) is 0.240. The van der Waals surface area contributed by atoms with E-state index in [4.69, 9.17) is 8.92 Å². The molecule has 0 aliphatic rings. The fourth-order valence-electron chi connectivity index (χ4n) is 3.57. The number of pyridine rings is 1. The lowest BCUT2D eigenvalue weighted by molar-refractivity contribution is 0.309. The second-order valence-electron chi connectivity index (χ2n) is 7.48. The summed E-state index contributed by atoms with van der Waals surface area (Å²) in [6, 6.07) is 19.6. The number of hydrogen-bond acceptors (Lipinski definition) is 5. The summed E-state index contributed by atoms with van der Waals surface area (Å²) in [5.41, 5.74) is 1.31. The minimum Gasteiger partial charge on any atom is -0.493 e. The fourth-order valence-corrected chi connectivity index (χ4v) is 4.71. The molecule has 0 aliphatic carbocycles. The van der Waals surface area contributed by atoms with Gasteiger partial charge in [0.15, 0.2) is 5.75 Å². The number of nitrogens with zero attached hydrogens (tertiary/aromatic N) is 1. The molecule has 0 saturated carbocycles. The highest BCUT2D eigenvalue weighted by atomic mass is 32.2. The summed E-state index contributed by atoms with van der Waals surface area (Å²) in [6.45, 7) is 4.60. The SMILES string of the molecule is CCCCCOc1ccc(S(=O)(=O)Oc2cccc3ccc(C)nc23)c2ccccc12. The molecule has 0 N–H and O–H groups in total. The van der Waals surface area contributed by atoms with Crippen molar-refractivity contribution >= 4 is 31.8 Å². The number of aryl methyl sites for hydroxylation is 1. The third-order valence-corrected chi connectivity index (χ3v) is 6.43. The molecule has 6 heteroatoms. The molecule has 0 spiro atoms. The smallest absolute Gasteiger partial charge is 0.339 e. The van der Waals surface area contributed by atoms with Crippen molar-refractivity contribution in [2.75, 3.05) is 6.61 Å². The molecule has 0 saturated heterocycles. The first-order valence-electron chi connectivity index (χ1n) is 10.4. The van der Waals surface area contributed by atoms with Gasteiger partial charge in [-0.3, -0.25) is 0 Å². The van der Waals surface area contributed by atoms with Crippen LogP contribution >= 0.6 is 0 Å². The lowest BCUT2D eigenvalue weighted by atomic mass is 10.1. The Morgan fingerprint density at radius 3 is 2.45 bits per heavy atom. The average molecular weight is 436 g/mol. The zero-order chi connectivity index (χ0) is 21.8. The predicted molar refractivity (Wildman–Crippen MR) is 123 cm³/mol.